The molecule has 2 N–H and O–H groups in total. The average Bonchev–Trinajstić information content (AvgIpc) is 2.62. The van der Waals surface area contributed by atoms with Crippen molar-refractivity contribution >= 4 is 35.9 Å². The molecule has 0 saturated carbocycles. The van der Waals surface area contributed by atoms with Crippen molar-refractivity contribution in [3.05, 3.63) is 35.4 Å². The Morgan fingerprint density at radius 1 is 1.07 bits per heavy atom. The predicted octanol–water partition coefficient (Wildman–Crippen LogP) is 3.30. The van der Waals surface area contributed by atoms with E-state index >= 15 is 0 Å². The Kier molecular flexibility index (Phi) is 10.8. The van der Waals surface area contributed by atoms with Gasteiger partial charge in [-0.15, -0.1) is 24.0 Å². The molecular weight excluding hydrogens is 467 g/mol. The summed E-state index contributed by atoms with van der Waals surface area (Å²) in [6.45, 7) is 9.76. The summed E-state index contributed by atoms with van der Waals surface area (Å²) in [6, 6.07) is 8.69. The van der Waals surface area contributed by atoms with Crippen LogP contribution in [0.4, 0.5) is 0 Å². The summed E-state index contributed by atoms with van der Waals surface area (Å²) in [4.78, 5) is 18.5. The number of aliphatic imine (C=N–C) groups is 1. The van der Waals surface area contributed by atoms with E-state index in [2.05, 4.69) is 44.8 Å². The van der Waals surface area contributed by atoms with E-state index in [1.54, 1.807) is 7.05 Å². The van der Waals surface area contributed by atoms with Gasteiger partial charge in [0.15, 0.2) is 5.96 Å². The lowest BCUT2D eigenvalue weighted by molar-refractivity contribution is -0.153. The first-order valence-corrected chi connectivity index (χ1v) is 9.82. The zero-order valence-corrected chi connectivity index (χ0v) is 19.9. The van der Waals surface area contributed by atoms with E-state index in [1.807, 2.05) is 20.8 Å². The predicted molar refractivity (Wildman–Crippen MR) is 125 cm³/mol. The van der Waals surface area contributed by atoms with Crippen LogP contribution in [0.2, 0.25) is 0 Å². The molecule has 1 heterocycles. The molecule has 6 nitrogen and oxygen atoms in total. The number of halogens is 1. The number of likely N-dealkylation sites (tertiary alicyclic amines) is 1. The summed E-state index contributed by atoms with van der Waals surface area (Å²) in [6.07, 6.45) is 4.00. The number of carbonyl (C=O) groups excluding carboxylic acids is 1. The summed E-state index contributed by atoms with van der Waals surface area (Å²) >= 11 is 0. The fraction of sp³-hybridized carbons (Fsp3) is 0.619. The van der Waals surface area contributed by atoms with Crippen LogP contribution >= 0.6 is 24.0 Å². The largest absolute Gasteiger partial charge is 0.459 e. The normalized spacial score (nSPS) is 15.5. The molecular formula is C21H35IN4O2. The Bertz CT molecular complexity index is 620. The Morgan fingerprint density at radius 2 is 1.68 bits per heavy atom. The smallest absolute Gasteiger partial charge is 0.325 e. The number of hydrogen-bond acceptors (Lipinski definition) is 4. The number of nitrogens with zero attached hydrogens (tertiary/aromatic N) is 2. The van der Waals surface area contributed by atoms with Crippen LogP contribution in [0.25, 0.3) is 0 Å². The number of carbonyl (C=O) groups is 1. The first-order valence-electron chi connectivity index (χ1n) is 9.82. The van der Waals surface area contributed by atoms with E-state index in [-0.39, 0.29) is 36.5 Å². The number of benzene rings is 1. The number of piperidine rings is 1. The SMILES string of the molecule is CN=C(NCC(=O)OC(C)(C)C)NCc1ccc(CN2CCCCC2)cc1.I. The highest BCUT2D eigenvalue weighted by atomic mass is 127. The van der Waals surface area contributed by atoms with E-state index in [4.69, 9.17) is 4.74 Å². The third-order valence-electron chi connectivity index (χ3n) is 4.38. The first kappa shape index (κ1) is 24.7. The highest BCUT2D eigenvalue weighted by Gasteiger charge is 2.16. The Hall–Kier alpha value is -1.35. The van der Waals surface area contributed by atoms with Crippen LogP contribution in [0.3, 0.4) is 0 Å². The van der Waals surface area contributed by atoms with Gasteiger partial charge in [0, 0.05) is 20.1 Å². The molecule has 0 bridgehead atoms. The minimum absolute atomic E-state index is 0. The van der Waals surface area contributed by atoms with Gasteiger partial charge in [0.05, 0.1) is 0 Å². The molecule has 1 fully saturated rings. The van der Waals surface area contributed by atoms with Crippen LogP contribution in [0.1, 0.15) is 51.2 Å². The zero-order chi connectivity index (χ0) is 19.7. The van der Waals surface area contributed by atoms with Gasteiger partial charge in [0.25, 0.3) is 0 Å². The number of guanidine groups is 1. The fourth-order valence-corrected chi connectivity index (χ4v) is 3.08. The molecule has 0 aromatic heterocycles. The standard InChI is InChI=1S/C21H34N4O2.HI/c1-21(2,3)27-19(26)15-24-20(22-4)23-14-17-8-10-18(11-9-17)16-25-12-6-5-7-13-25;/h8-11H,5-7,12-16H2,1-4H3,(H2,22,23,24);1H. The molecule has 0 atom stereocenters. The van der Waals surface area contributed by atoms with Gasteiger partial charge in [-0.3, -0.25) is 14.7 Å². The molecule has 0 aliphatic carbocycles. The minimum atomic E-state index is -0.481. The van der Waals surface area contributed by atoms with Crippen molar-refractivity contribution in [2.75, 3.05) is 26.7 Å². The van der Waals surface area contributed by atoms with Gasteiger partial charge in [0.2, 0.25) is 0 Å². The molecule has 1 aromatic carbocycles. The second-order valence-electron chi connectivity index (χ2n) is 8.02. The summed E-state index contributed by atoms with van der Waals surface area (Å²) in [5, 5.41) is 6.21. The Labute approximate surface area is 186 Å². The molecule has 1 aliphatic heterocycles. The van der Waals surface area contributed by atoms with Crippen LogP contribution in [0.15, 0.2) is 29.3 Å². The second-order valence-corrected chi connectivity index (χ2v) is 8.02. The van der Waals surface area contributed by atoms with Crippen molar-refractivity contribution in [1.82, 2.24) is 15.5 Å². The summed E-state index contributed by atoms with van der Waals surface area (Å²) in [5.74, 6) is 0.283. The van der Waals surface area contributed by atoms with Gasteiger partial charge in [-0.1, -0.05) is 30.7 Å². The van der Waals surface area contributed by atoms with Crippen molar-refractivity contribution in [3.8, 4) is 0 Å². The number of esters is 1. The number of hydrogen-bond donors (Lipinski definition) is 2. The van der Waals surface area contributed by atoms with Gasteiger partial charge in [-0.25, -0.2) is 0 Å². The minimum Gasteiger partial charge on any atom is -0.459 e. The van der Waals surface area contributed by atoms with Gasteiger partial charge in [-0.05, 0) is 57.8 Å². The van der Waals surface area contributed by atoms with Crippen molar-refractivity contribution in [2.24, 2.45) is 4.99 Å². The Balaban J connectivity index is 0.00000392. The van der Waals surface area contributed by atoms with E-state index in [1.165, 1.54) is 43.5 Å². The van der Waals surface area contributed by atoms with Crippen molar-refractivity contribution < 1.29 is 9.53 Å². The van der Waals surface area contributed by atoms with Crippen LogP contribution in [-0.4, -0.2) is 49.1 Å². The molecule has 0 unspecified atom stereocenters. The van der Waals surface area contributed by atoms with Crippen LogP contribution in [0.5, 0.6) is 0 Å². The maximum absolute atomic E-state index is 11.8. The molecule has 1 aliphatic rings. The molecule has 28 heavy (non-hydrogen) atoms. The number of ether oxygens (including phenoxy) is 1. The molecule has 1 aromatic rings. The molecule has 7 heteroatoms. The highest BCUT2D eigenvalue weighted by Crippen LogP contribution is 2.13. The first-order chi connectivity index (χ1) is 12.9. The van der Waals surface area contributed by atoms with Crippen molar-refractivity contribution in [1.29, 1.82) is 0 Å². The summed E-state index contributed by atoms with van der Waals surface area (Å²) in [7, 11) is 1.69. The van der Waals surface area contributed by atoms with Crippen molar-refractivity contribution in [3.63, 3.8) is 0 Å². The summed E-state index contributed by atoms with van der Waals surface area (Å²) < 4.78 is 5.28. The maximum Gasteiger partial charge on any atom is 0.325 e. The van der Waals surface area contributed by atoms with Gasteiger partial charge in [-0.2, -0.15) is 0 Å². The maximum atomic E-state index is 11.8. The highest BCUT2D eigenvalue weighted by molar-refractivity contribution is 14.0. The van der Waals surface area contributed by atoms with Crippen LogP contribution in [0, 0.1) is 0 Å². The second kappa shape index (κ2) is 12.3. The lowest BCUT2D eigenvalue weighted by Gasteiger charge is -2.26. The third-order valence-corrected chi connectivity index (χ3v) is 4.38. The van der Waals surface area contributed by atoms with E-state index in [0.29, 0.717) is 12.5 Å². The molecule has 0 amide bonds. The van der Waals surface area contributed by atoms with Crippen LogP contribution < -0.4 is 10.6 Å². The fourth-order valence-electron chi connectivity index (χ4n) is 3.08. The van der Waals surface area contributed by atoms with E-state index < -0.39 is 5.60 Å². The lowest BCUT2D eigenvalue weighted by atomic mass is 10.1. The third kappa shape index (κ3) is 9.73. The van der Waals surface area contributed by atoms with E-state index in [9.17, 15) is 4.79 Å². The van der Waals surface area contributed by atoms with Gasteiger partial charge in [0.1, 0.15) is 12.1 Å². The Morgan fingerprint density at radius 3 is 2.25 bits per heavy atom. The van der Waals surface area contributed by atoms with Crippen molar-refractivity contribution in [2.45, 2.75) is 58.7 Å². The van der Waals surface area contributed by atoms with Gasteiger partial charge < -0.3 is 15.4 Å². The summed E-state index contributed by atoms with van der Waals surface area (Å²) in [5.41, 5.74) is 2.05. The monoisotopic (exact) mass is 502 g/mol. The zero-order valence-electron chi connectivity index (χ0n) is 17.6. The number of rotatable bonds is 6. The lowest BCUT2D eigenvalue weighted by Crippen LogP contribution is -2.41. The molecule has 1 saturated heterocycles. The molecule has 158 valence electrons. The quantitative estimate of drug-likeness (QED) is 0.271. The topological polar surface area (TPSA) is 66.0 Å². The van der Waals surface area contributed by atoms with Crippen LogP contribution in [-0.2, 0) is 22.6 Å². The number of nitrogens with one attached hydrogen (secondary N) is 2. The average molecular weight is 502 g/mol. The molecule has 0 radical (unpaired) electrons. The van der Waals surface area contributed by atoms with E-state index in [0.717, 1.165) is 6.54 Å². The molecule has 0 spiro atoms. The van der Waals surface area contributed by atoms with Gasteiger partial charge >= 0.3 is 5.97 Å². The molecule has 2 rings (SSSR count).